The number of carbonyl (C=O) groups excluding carboxylic acids is 1. The van der Waals surface area contributed by atoms with Crippen LogP contribution in [-0.4, -0.2) is 66.0 Å². The molecule has 1 aromatic carbocycles. The highest BCUT2D eigenvalue weighted by Gasteiger charge is 2.57. The zero-order valence-corrected chi connectivity index (χ0v) is 22.3. The van der Waals surface area contributed by atoms with Crippen molar-refractivity contribution in [2.75, 3.05) is 31.1 Å². The number of urea groups is 1. The molecule has 0 bridgehead atoms. The monoisotopic (exact) mass is 527 g/mol. The molecule has 4 N–H and O–H groups in total. The number of nitrogens with zero attached hydrogens (tertiary/aromatic N) is 4. The fourth-order valence-electron chi connectivity index (χ4n) is 4.96. The number of hydrogen-bond acceptors (Lipinski definition) is 9. The second kappa shape index (κ2) is 10.9. The van der Waals surface area contributed by atoms with Crippen LogP contribution in [0.3, 0.4) is 0 Å². The van der Waals surface area contributed by atoms with E-state index in [0.29, 0.717) is 44.1 Å². The average molecular weight is 528 g/mol. The molecule has 0 saturated carbocycles. The van der Waals surface area contributed by atoms with E-state index in [0.717, 1.165) is 15.8 Å². The fraction of sp³-hybridized carbons (Fsp3) is 0.480. The molecule has 3 atom stereocenters. The summed E-state index contributed by atoms with van der Waals surface area (Å²) >= 11 is 1.50. The van der Waals surface area contributed by atoms with Crippen LogP contribution in [0.1, 0.15) is 39.7 Å². The molecule has 37 heavy (non-hydrogen) atoms. The second-order valence-electron chi connectivity index (χ2n) is 9.22. The van der Waals surface area contributed by atoms with Crippen LogP contribution >= 0.6 is 11.3 Å². The largest absolute Gasteiger partial charge is 0.481 e. The zero-order chi connectivity index (χ0) is 26.6. The Bertz CT molecular complexity index is 1260. The van der Waals surface area contributed by atoms with Crippen LogP contribution in [0.4, 0.5) is 10.5 Å². The molecule has 198 valence electrons. The molecule has 2 aliphatic rings. The van der Waals surface area contributed by atoms with Crippen molar-refractivity contribution in [3.8, 4) is 0 Å². The first kappa shape index (κ1) is 26.6. The molecule has 0 radical (unpaired) electrons. The van der Waals surface area contributed by atoms with E-state index in [2.05, 4.69) is 26.1 Å². The van der Waals surface area contributed by atoms with Crippen molar-refractivity contribution >= 4 is 51.2 Å². The fourth-order valence-corrected chi connectivity index (χ4v) is 5.80. The number of carboxylic acids is 1. The van der Waals surface area contributed by atoms with E-state index in [1.165, 1.54) is 11.3 Å². The predicted molar refractivity (Wildman–Crippen MR) is 145 cm³/mol. The summed E-state index contributed by atoms with van der Waals surface area (Å²) in [6.45, 7) is 9.01. The van der Waals surface area contributed by atoms with E-state index in [1.807, 2.05) is 44.0 Å². The number of hydrogen-bond donors (Lipinski definition) is 4. The molecule has 2 aliphatic heterocycles. The molecule has 4 rings (SSSR count). The summed E-state index contributed by atoms with van der Waals surface area (Å²) in [4.78, 5) is 42.1. The lowest BCUT2D eigenvalue weighted by molar-refractivity contribution is -0.155. The number of thiazole rings is 1. The Morgan fingerprint density at radius 1 is 1.38 bits per heavy atom. The number of oxime groups is 1. The number of amides is 2. The van der Waals surface area contributed by atoms with E-state index in [4.69, 9.17) is 9.83 Å². The number of fused-ring (bicyclic) bond motifs is 1. The summed E-state index contributed by atoms with van der Waals surface area (Å²) in [5, 5.41) is 23.7. The standard InChI is InChI=1S/C25H33N7O4S/c1-5-27-23(35)30-25(20-14-26-10-8-24(20,4)22(33)34)29-9-7-11-32(25)17-12-18(16(3)31-36-6-2)21-19(13-17)28-15-37-21/h7,9,11-13,15,20,26H,5-6,8,10,14H2,1-4H3,(H,33,34)(H2,27,30,35)/b31-16+. The third kappa shape index (κ3) is 4.90. The summed E-state index contributed by atoms with van der Waals surface area (Å²) in [5.74, 6) is -2.99. The first-order chi connectivity index (χ1) is 17.8. The molecule has 11 nitrogen and oxygen atoms in total. The molecule has 0 spiro atoms. The van der Waals surface area contributed by atoms with Gasteiger partial charge in [0.2, 0.25) is 5.79 Å². The van der Waals surface area contributed by atoms with Gasteiger partial charge in [-0.05, 0) is 58.9 Å². The lowest BCUT2D eigenvalue weighted by Gasteiger charge is -2.52. The molecule has 2 aromatic rings. The topological polar surface area (TPSA) is 141 Å². The molecule has 2 amide bonds. The Kier molecular flexibility index (Phi) is 7.79. The number of carboxylic acid groups (broad SMARTS) is 1. The van der Waals surface area contributed by atoms with E-state index in [1.54, 1.807) is 24.7 Å². The van der Waals surface area contributed by atoms with Gasteiger partial charge in [-0.2, -0.15) is 0 Å². The van der Waals surface area contributed by atoms with Crippen molar-refractivity contribution in [1.29, 1.82) is 0 Å². The number of carbonyl (C=O) groups is 2. The van der Waals surface area contributed by atoms with Gasteiger partial charge in [-0.25, -0.2) is 14.8 Å². The van der Waals surface area contributed by atoms with Crippen molar-refractivity contribution < 1.29 is 19.5 Å². The summed E-state index contributed by atoms with van der Waals surface area (Å²) in [6, 6.07) is 3.42. The van der Waals surface area contributed by atoms with Gasteiger partial charge >= 0.3 is 12.0 Å². The highest BCUT2D eigenvalue weighted by atomic mass is 32.1. The molecule has 1 saturated heterocycles. The quantitative estimate of drug-likeness (QED) is 0.305. The third-order valence-electron chi connectivity index (χ3n) is 6.92. The van der Waals surface area contributed by atoms with Gasteiger partial charge in [-0.3, -0.25) is 10.1 Å². The molecule has 1 aromatic heterocycles. The van der Waals surface area contributed by atoms with Crippen LogP contribution in [-0.2, 0) is 9.63 Å². The third-order valence-corrected chi connectivity index (χ3v) is 7.80. The van der Waals surface area contributed by atoms with Gasteiger partial charge in [-0.1, -0.05) is 5.16 Å². The number of anilines is 1. The van der Waals surface area contributed by atoms with Crippen molar-refractivity contribution in [3.05, 3.63) is 35.5 Å². The molecule has 3 heterocycles. The minimum atomic E-state index is -1.43. The van der Waals surface area contributed by atoms with Gasteiger partial charge in [0, 0.05) is 36.8 Å². The number of rotatable bonds is 8. The number of aromatic nitrogens is 1. The zero-order valence-electron chi connectivity index (χ0n) is 21.4. The van der Waals surface area contributed by atoms with Crippen LogP contribution in [0.5, 0.6) is 0 Å². The van der Waals surface area contributed by atoms with Crippen molar-refractivity contribution in [2.45, 2.75) is 39.9 Å². The first-order valence-electron chi connectivity index (χ1n) is 12.3. The van der Waals surface area contributed by atoms with Crippen LogP contribution in [0.2, 0.25) is 0 Å². The van der Waals surface area contributed by atoms with Gasteiger partial charge < -0.3 is 25.5 Å². The summed E-state index contributed by atoms with van der Waals surface area (Å²) < 4.78 is 0.950. The number of aliphatic imine (C=N–C) groups is 1. The molecular formula is C25H33N7O4S. The summed E-state index contributed by atoms with van der Waals surface area (Å²) in [6.07, 6.45) is 5.56. The minimum absolute atomic E-state index is 0.341. The molecular weight excluding hydrogens is 494 g/mol. The van der Waals surface area contributed by atoms with Gasteiger partial charge in [0.25, 0.3) is 0 Å². The number of piperidine rings is 1. The van der Waals surface area contributed by atoms with Gasteiger partial charge in [-0.15, -0.1) is 11.3 Å². The highest BCUT2D eigenvalue weighted by molar-refractivity contribution is 7.17. The normalized spacial score (nSPS) is 25.8. The smallest absolute Gasteiger partial charge is 0.318 e. The number of nitrogens with one attached hydrogen (secondary N) is 3. The first-order valence-corrected chi connectivity index (χ1v) is 13.2. The molecule has 0 aliphatic carbocycles. The Morgan fingerprint density at radius 2 is 2.19 bits per heavy atom. The Hall–Kier alpha value is -3.51. The molecule has 1 fully saturated rings. The maximum absolute atomic E-state index is 13.0. The lowest BCUT2D eigenvalue weighted by atomic mass is 9.68. The summed E-state index contributed by atoms with van der Waals surface area (Å²) in [7, 11) is 0. The maximum Gasteiger partial charge on any atom is 0.318 e. The van der Waals surface area contributed by atoms with E-state index < -0.39 is 29.1 Å². The Balaban J connectivity index is 1.92. The van der Waals surface area contributed by atoms with Gasteiger partial charge in [0.1, 0.15) is 6.61 Å². The Morgan fingerprint density at radius 3 is 2.92 bits per heavy atom. The van der Waals surface area contributed by atoms with E-state index in [-0.39, 0.29) is 0 Å². The SMILES string of the molecule is CCNC(=O)NC1(C2CNCCC2(C)C(=O)O)N=CC=CN1c1cc(/C(C)=N/OCC)c2scnc2c1. The van der Waals surface area contributed by atoms with Crippen molar-refractivity contribution in [3.63, 3.8) is 0 Å². The van der Waals surface area contributed by atoms with Crippen LogP contribution in [0.15, 0.2) is 40.1 Å². The van der Waals surface area contributed by atoms with Crippen molar-refractivity contribution in [1.82, 2.24) is 20.9 Å². The van der Waals surface area contributed by atoms with Crippen LogP contribution in [0.25, 0.3) is 10.2 Å². The second-order valence-corrected chi connectivity index (χ2v) is 10.1. The highest BCUT2D eigenvalue weighted by Crippen LogP contribution is 2.45. The number of benzene rings is 1. The number of aliphatic carboxylic acids is 1. The molecule has 3 unspecified atom stereocenters. The predicted octanol–water partition coefficient (Wildman–Crippen LogP) is 3.13. The van der Waals surface area contributed by atoms with Gasteiger partial charge in [0.05, 0.1) is 32.8 Å². The minimum Gasteiger partial charge on any atom is -0.481 e. The molecule has 12 heteroatoms. The number of allylic oxidation sites excluding steroid dienone is 1. The average Bonchev–Trinajstić information content (AvgIpc) is 3.36. The summed E-state index contributed by atoms with van der Waals surface area (Å²) in [5.41, 5.74) is 3.55. The van der Waals surface area contributed by atoms with Crippen LogP contribution in [0, 0.1) is 11.3 Å². The van der Waals surface area contributed by atoms with Crippen molar-refractivity contribution in [2.24, 2.45) is 21.5 Å². The maximum atomic E-state index is 13.0. The van der Waals surface area contributed by atoms with E-state index >= 15 is 0 Å². The van der Waals surface area contributed by atoms with Crippen LogP contribution < -0.4 is 20.9 Å². The van der Waals surface area contributed by atoms with E-state index in [9.17, 15) is 14.7 Å². The van der Waals surface area contributed by atoms with Gasteiger partial charge in [0.15, 0.2) is 0 Å². The Labute approximate surface area is 219 Å². The lowest BCUT2D eigenvalue weighted by Crippen LogP contribution is -2.71.